The lowest BCUT2D eigenvalue weighted by atomic mass is 9.60. The first-order chi connectivity index (χ1) is 26.0. The molecule has 0 amide bonds. The maximum Gasteiger partial charge on any atom is 0.167 e. The lowest BCUT2D eigenvalue weighted by molar-refractivity contribution is 0.669. The van der Waals surface area contributed by atoms with Gasteiger partial charge in [0.05, 0.1) is 16.6 Å². The Bertz CT molecular complexity index is 2880. The van der Waals surface area contributed by atoms with Crippen molar-refractivity contribution in [3.63, 3.8) is 0 Å². The third-order valence-electron chi connectivity index (χ3n) is 12.6. The zero-order valence-corrected chi connectivity index (χ0v) is 32.8. The van der Waals surface area contributed by atoms with Crippen molar-refractivity contribution in [1.82, 2.24) is 19.5 Å². The van der Waals surface area contributed by atoms with E-state index in [0.29, 0.717) is 17.5 Å². The number of rotatable bonds is 4. The number of fused-ring (bicyclic) bond motifs is 6. The van der Waals surface area contributed by atoms with Crippen LogP contribution in [0.3, 0.4) is 0 Å². The molecule has 3 heterocycles. The molecule has 5 nitrogen and oxygen atoms in total. The minimum absolute atomic E-state index is 0.603. The molecule has 0 bridgehead atoms. The van der Waals surface area contributed by atoms with Gasteiger partial charge in [-0.3, -0.25) is 0 Å². The second-order valence-corrected chi connectivity index (χ2v) is 15.1. The summed E-state index contributed by atoms with van der Waals surface area (Å²) in [6.45, 7) is 0. The molecular formula is C39H34B10N4O. The molecule has 0 spiro atoms. The van der Waals surface area contributed by atoms with Crippen molar-refractivity contribution in [2.24, 2.45) is 0 Å². The summed E-state index contributed by atoms with van der Waals surface area (Å²) >= 11 is 0. The van der Waals surface area contributed by atoms with Crippen LogP contribution in [0.2, 0.25) is 0 Å². The van der Waals surface area contributed by atoms with Crippen molar-refractivity contribution in [3.8, 4) is 39.9 Å². The van der Waals surface area contributed by atoms with E-state index in [9.17, 15) is 0 Å². The number of benzene rings is 6. The number of aromatic nitrogens is 4. The van der Waals surface area contributed by atoms with Gasteiger partial charge in [0.2, 0.25) is 0 Å². The van der Waals surface area contributed by atoms with E-state index in [1.54, 1.807) is 0 Å². The largest absolute Gasteiger partial charge is 0.455 e. The first-order valence-electron chi connectivity index (χ1n) is 18.8. The highest BCUT2D eigenvalue weighted by Crippen LogP contribution is 2.38. The van der Waals surface area contributed by atoms with E-state index in [4.69, 9.17) is 19.4 Å². The van der Waals surface area contributed by atoms with Crippen LogP contribution in [0, 0.1) is 0 Å². The molecule has 9 aromatic rings. The molecule has 54 heavy (non-hydrogen) atoms. The molecule has 0 aliphatic carbocycles. The second kappa shape index (κ2) is 12.6. The number of para-hydroxylation sites is 3. The Morgan fingerprint density at radius 3 is 1.37 bits per heavy atom. The fraction of sp³-hybridized carbons (Fsp3) is 0. The van der Waals surface area contributed by atoms with Crippen LogP contribution in [0.5, 0.6) is 0 Å². The van der Waals surface area contributed by atoms with Crippen molar-refractivity contribution in [3.05, 3.63) is 84.9 Å². The smallest absolute Gasteiger partial charge is 0.167 e. The lowest BCUT2D eigenvalue weighted by Crippen LogP contribution is -2.55. The first-order valence-corrected chi connectivity index (χ1v) is 18.8. The molecule has 9 rings (SSSR count). The molecule has 0 saturated carbocycles. The van der Waals surface area contributed by atoms with Crippen molar-refractivity contribution >= 4 is 177 Å². The SMILES string of the molecule is Bc1c(B)c(B)c(-c2nc(-c3c(B)c(B)c(B)c(B)c3B)nc(-c3cccc4c3oc3ccc(-n5c6ccccc6c6ccccc65)cc34)n2)c(B)c1B. The van der Waals surface area contributed by atoms with E-state index >= 15 is 0 Å². The summed E-state index contributed by atoms with van der Waals surface area (Å²) in [5.74, 6) is 1.98. The van der Waals surface area contributed by atoms with Gasteiger partial charge in [0, 0.05) is 38.4 Å². The van der Waals surface area contributed by atoms with Crippen LogP contribution in [0.25, 0.3) is 83.6 Å². The quantitative estimate of drug-likeness (QED) is 0.173. The lowest BCUT2D eigenvalue weighted by Gasteiger charge is -2.22. The van der Waals surface area contributed by atoms with Gasteiger partial charge in [0.25, 0.3) is 0 Å². The summed E-state index contributed by atoms with van der Waals surface area (Å²) in [4.78, 5) is 16.0. The zero-order valence-electron chi connectivity index (χ0n) is 32.8. The molecule has 246 valence electrons. The predicted octanol–water partition coefficient (Wildman–Crippen LogP) is -7.55. The molecule has 6 aromatic carbocycles. The van der Waals surface area contributed by atoms with Crippen LogP contribution < -0.4 is 54.6 Å². The van der Waals surface area contributed by atoms with E-state index in [1.165, 1.54) is 76.4 Å². The molecule has 0 radical (unpaired) electrons. The van der Waals surface area contributed by atoms with Crippen LogP contribution in [-0.4, -0.2) is 98.0 Å². The Balaban J connectivity index is 1.31. The standard InChI is InChI=1S/C39H34B10N4O/c40-26-24(27(41)31(45)34(48)30(26)44)38-50-37(51-39(52-38)25-28(42)32(46)35(49)33(47)29(25)43)19-9-5-8-18-20-14-15(12-13-23(20)54-36(18)19)53-21-10-3-1-6-16(21)17-7-2-4-11-22(17)53/h1-14H,40-49H2. The van der Waals surface area contributed by atoms with Crippen LogP contribution in [-0.2, 0) is 0 Å². The summed E-state index contributed by atoms with van der Waals surface area (Å²) in [5.41, 5.74) is 20.5. The fourth-order valence-corrected chi connectivity index (χ4v) is 8.69. The van der Waals surface area contributed by atoms with Gasteiger partial charge in [-0.2, -0.15) is 0 Å². The monoisotopic (exact) mass is 684 g/mol. The Labute approximate surface area is 324 Å². The van der Waals surface area contributed by atoms with Gasteiger partial charge < -0.3 is 8.98 Å². The third-order valence-corrected chi connectivity index (χ3v) is 12.6. The summed E-state index contributed by atoms with van der Waals surface area (Å²) in [7, 11) is 22.0. The number of hydrogen-bond donors (Lipinski definition) is 0. The molecule has 0 aliphatic heterocycles. The molecule has 0 saturated heterocycles. The number of nitrogens with zero attached hydrogens (tertiary/aromatic N) is 4. The molecule has 0 atom stereocenters. The maximum absolute atomic E-state index is 6.77. The van der Waals surface area contributed by atoms with Gasteiger partial charge in [0.1, 0.15) is 89.6 Å². The molecule has 0 fully saturated rings. The van der Waals surface area contributed by atoms with Crippen LogP contribution in [0.4, 0.5) is 0 Å². The van der Waals surface area contributed by atoms with Crippen molar-refractivity contribution in [1.29, 1.82) is 0 Å². The predicted molar refractivity (Wildman–Crippen MR) is 260 cm³/mol. The maximum atomic E-state index is 6.77. The van der Waals surface area contributed by atoms with Crippen LogP contribution >= 0.6 is 0 Å². The molecular weight excluding hydrogens is 649 g/mol. The van der Waals surface area contributed by atoms with Gasteiger partial charge in [-0.15, -0.1) is 32.8 Å². The summed E-state index contributed by atoms with van der Waals surface area (Å²) in [6, 6.07) is 30.1. The number of furan rings is 1. The number of hydrogen-bond acceptors (Lipinski definition) is 4. The minimum atomic E-state index is 0.603. The van der Waals surface area contributed by atoms with Gasteiger partial charge in [-0.25, -0.2) is 15.0 Å². The zero-order chi connectivity index (χ0) is 37.7. The molecule has 3 aromatic heterocycles. The Morgan fingerprint density at radius 1 is 0.407 bits per heavy atom. The van der Waals surface area contributed by atoms with Crippen molar-refractivity contribution < 1.29 is 4.42 Å². The second-order valence-electron chi connectivity index (χ2n) is 15.1. The van der Waals surface area contributed by atoms with Gasteiger partial charge in [0.15, 0.2) is 17.5 Å². The van der Waals surface area contributed by atoms with E-state index in [2.05, 4.69) is 168 Å². The topological polar surface area (TPSA) is 56.7 Å². The van der Waals surface area contributed by atoms with E-state index < -0.39 is 0 Å². The average molecular weight is 683 g/mol. The highest BCUT2D eigenvalue weighted by atomic mass is 16.3. The fourth-order valence-electron chi connectivity index (χ4n) is 8.69. The third kappa shape index (κ3) is 4.97. The van der Waals surface area contributed by atoms with Crippen molar-refractivity contribution in [2.75, 3.05) is 0 Å². The molecule has 0 aliphatic rings. The first kappa shape index (κ1) is 34.4. The average Bonchev–Trinajstić information content (AvgIpc) is 3.73. The highest BCUT2D eigenvalue weighted by molar-refractivity contribution is 6.69. The van der Waals surface area contributed by atoms with Crippen molar-refractivity contribution in [2.45, 2.75) is 0 Å². The Morgan fingerprint density at radius 2 is 0.852 bits per heavy atom. The van der Waals surface area contributed by atoms with E-state index in [-0.39, 0.29) is 0 Å². The Hall–Kier alpha value is -5.42. The Kier molecular flexibility index (Phi) is 8.00. The van der Waals surface area contributed by atoms with Crippen LogP contribution in [0.15, 0.2) is 89.3 Å². The highest BCUT2D eigenvalue weighted by Gasteiger charge is 2.23. The van der Waals surface area contributed by atoms with E-state index in [0.717, 1.165) is 44.3 Å². The summed E-state index contributed by atoms with van der Waals surface area (Å²) in [6.07, 6.45) is 0. The van der Waals surface area contributed by atoms with Gasteiger partial charge in [-0.1, -0.05) is 70.4 Å². The van der Waals surface area contributed by atoms with Crippen LogP contribution in [0.1, 0.15) is 0 Å². The van der Waals surface area contributed by atoms with Gasteiger partial charge in [-0.05, 0) is 36.4 Å². The normalized spacial score (nSPS) is 11.7. The van der Waals surface area contributed by atoms with Gasteiger partial charge >= 0.3 is 0 Å². The van der Waals surface area contributed by atoms with E-state index in [1.807, 2.05) is 0 Å². The summed E-state index contributed by atoms with van der Waals surface area (Å²) < 4.78 is 9.12. The molecule has 0 N–H and O–H groups in total. The summed E-state index contributed by atoms with van der Waals surface area (Å²) in [5, 5.41) is 4.55. The molecule has 15 heteroatoms. The molecule has 0 unspecified atom stereocenters. The minimum Gasteiger partial charge on any atom is -0.455 e.